The number of ether oxygens (including phenoxy) is 1. The van der Waals surface area contributed by atoms with E-state index in [0.717, 1.165) is 5.56 Å². The second-order valence-electron chi connectivity index (χ2n) is 2.80. The lowest BCUT2D eigenvalue weighted by Gasteiger charge is -2.09. The zero-order chi connectivity index (χ0) is 10.6. The topological polar surface area (TPSA) is 65.2 Å². The molecule has 14 heavy (non-hydrogen) atoms. The van der Waals surface area contributed by atoms with E-state index in [1.54, 1.807) is 18.3 Å². The average Bonchev–Trinajstić information content (AvgIpc) is 2.18. The Balaban J connectivity index is 2.65. The first-order valence-corrected chi connectivity index (χ1v) is 4.45. The molecule has 0 unspecified atom stereocenters. The molecule has 1 aromatic rings. The van der Waals surface area contributed by atoms with Crippen LogP contribution in [0.15, 0.2) is 18.3 Å². The number of carbonyl (C=O) groups excluding carboxylic acids is 1. The lowest BCUT2D eigenvalue weighted by Crippen LogP contribution is -2.16. The van der Waals surface area contributed by atoms with Crippen molar-refractivity contribution in [3.8, 4) is 0 Å². The number of pyridine rings is 1. The summed E-state index contributed by atoms with van der Waals surface area (Å²) in [5.41, 5.74) is 6.50. The minimum atomic E-state index is -0.396. The van der Waals surface area contributed by atoms with Crippen molar-refractivity contribution in [2.24, 2.45) is 5.73 Å². The van der Waals surface area contributed by atoms with Gasteiger partial charge in [-0.05, 0) is 11.6 Å². The van der Waals surface area contributed by atoms with Crippen molar-refractivity contribution in [1.29, 1.82) is 0 Å². The molecule has 1 rings (SSSR count). The highest BCUT2D eigenvalue weighted by atomic mass is 35.5. The van der Waals surface area contributed by atoms with Gasteiger partial charge in [0.2, 0.25) is 0 Å². The SMILES string of the molecule is COC(=O)C[C@H](N)c1ccc(Cl)nc1. The number of aromatic nitrogens is 1. The van der Waals surface area contributed by atoms with E-state index >= 15 is 0 Å². The van der Waals surface area contributed by atoms with E-state index in [4.69, 9.17) is 17.3 Å². The number of nitrogens with zero attached hydrogens (tertiary/aromatic N) is 1. The summed E-state index contributed by atoms with van der Waals surface area (Å²) in [6.45, 7) is 0. The molecule has 0 saturated carbocycles. The Hall–Kier alpha value is -1.13. The van der Waals surface area contributed by atoms with Gasteiger partial charge in [-0.2, -0.15) is 0 Å². The molecule has 0 amide bonds. The molecule has 1 atom stereocenters. The standard InChI is InChI=1S/C9H11ClN2O2/c1-14-9(13)4-7(11)6-2-3-8(10)12-5-6/h2-3,5,7H,4,11H2,1H3/t7-/m0/s1. The van der Waals surface area contributed by atoms with Crippen LogP contribution in [0, 0.1) is 0 Å². The van der Waals surface area contributed by atoms with E-state index in [0.29, 0.717) is 5.15 Å². The fraction of sp³-hybridized carbons (Fsp3) is 0.333. The Kier molecular flexibility index (Phi) is 3.85. The van der Waals surface area contributed by atoms with Gasteiger partial charge in [-0.15, -0.1) is 0 Å². The summed E-state index contributed by atoms with van der Waals surface area (Å²) in [4.78, 5) is 14.8. The number of nitrogens with two attached hydrogens (primary N) is 1. The minimum Gasteiger partial charge on any atom is -0.469 e. The van der Waals surface area contributed by atoms with Crippen LogP contribution in [0.25, 0.3) is 0 Å². The number of esters is 1. The first-order chi connectivity index (χ1) is 6.63. The normalized spacial score (nSPS) is 12.2. The molecule has 0 aromatic carbocycles. The number of hydrogen-bond donors (Lipinski definition) is 1. The summed E-state index contributed by atoms with van der Waals surface area (Å²) in [5, 5.41) is 0.402. The molecule has 5 heteroatoms. The molecular weight excluding hydrogens is 204 g/mol. The van der Waals surface area contributed by atoms with Crippen molar-refractivity contribution in [2.75, 3.05) is 7.11 Å². The summed E-state index contributed by atoms with van der Waals surface area (Å²) in [7, 11) is 1.33. The quantitative estimate of drug-likeness (QED) is 0.609. The summed E-state index contributed by atoms with van der Waals surface area (Å²) < 4.78 is 4.50. The van der Waals surface area contributed by atoms with Crippen molar-refractivity contribution in [1.82, 2.24) is 4.98 Å². The highest BCUT2D eigenvalue weighted by molar-refractivity contribution is 6.29. The molecule has 2 N–H and O–H groups in total. The molecular formula is C9H11ClN2O2. The largest absolute Gasteiger partial charge is 0.469 e. The third kappa shape index (κ3) is 2.97. The van der Waals surface area contributed by atoms with Crippen LogP contribution in [0.3, 0.4) is 0 Å². The zero-order valence-electron chi connectivity index (χ0n) is 7.74. The molecule has 0 aliphatic carbocycles. The molecule has 0 fully saturated rings. The molecule has 4 nitrogen and oxygen atoms in total. The smallest absolute Gasteiger partial charge is 0.307 e. The summed E-state index contributed by atoms with van der Waals surface area (Å²) in [6, 6.07) is 2.98. The van der Waals surface area contributed by atoms with Gasteiger partial charge in [-0.25, -0.2) is 4.98 Å². The third-order valence-corrected chi connectivity index (χ3v) is 2.02. The van der Waals surface area contributed by atoms with Crippen molar-refractivity contribution in [3.05, 3.63) is 29.0 Å². The van der Waals surface area contributed by atoms with Gasteiger partial charge >= 0.3 is 5.97 Å². The predicted octanol–water partition coefficient (Wildman–Crippen LogP) is 1.30. The van der Waals surface area contributed by atoms with E-state index in [1.165, 1.54) is 7.11 Å². The lowest BCUT2D eigenvalue weighted by atomic mass is 10.1. The van der Waals surface area contributed by atoms with Crippen molar-refractivity contribution in [2.45, 2.75) is 12.5 Å². The van der Waals surface area contributed by atoms with E-state index in [-0.39, 0.29) is 12.4 Å². The third-order valence-electron chi connectivity index (χ3n) is 1.79. The fourth-order valence-electron chi connectivity index (χ4n) is 0.987. The molecule has 1 heterocycles. The molecule has 0 aliphatic rings. The Labute approximate surface area is 87.0 Å². The summed E-state index contributed by atoms with van der Waals surface area (Å²) in [5.74, 6) is -0.340. The monoisotopic (exact) mass is 214 g/mol. The molecule has 0 aliphatic heterocycles. The van der Waals surface area contributed by atoms with E-state index in [9.17, 15) is 4.79 Å². The number of methoxy groups -OCH3 is 1. The maximum atomic E-state index is 10.9. The highest BCUT2D eigenvalue weighted by Gasteiger charge is 2.11. The van der Waals surface area contributed by atoms with Gasteiger partial charge in [0, 0.05) is 12.2 Å². The number of rotatable bonds is 3. The second kappa shape index (κ2) is 4.93. The number of carbonyl (C=O) groups is 1. The molecule has 0 radical (unpaired) electrons. The van der Waals surface area contributed by atoms with Crippen molar-refractivity contribution >= 4 is 17.6 Å². The van der Waals surface area contributed by atoms with Crippen LogP contribution < -0.4 is 5.73 Å². The van der Waals surface area contributed by atoms with Gasteiger partial charge in [0.05, 0.1) is 13.5 Å². The minimum absolute atomic E-state index is 0.139. The Morgan fingerprint density at radius 1 is 1.71 bits per heavy atom. The van der Waals surface area contributed by atoms with Gasteiger partial charge in [0.1, 0.15) is 5.15 Å². The van der Waals surface area contributed by atoms with Crippen LogP contribution in [0.4, 0.5) is 0 Å². The molecule has 0 bridgehead atoms. The first-order valence-electron chi connectivity index (χ1n) is 4.07. The van der Waals surface area contributed by atoms with E-state index in [1.807, 2.05) is 0 Å². The second-order valence-corrected chi connectivity index (χ2v) is 3.19. The van der Waals surface area contributed by atoms with Crippen LogP contribution in [0.5, 0.6) is 0 Å². The zero-order valence-corrected chi connectivity index (χ0v) is 8.49. The summed E-state index contributed by atoms with van der Waals surface area (Å²) in [6.07, 6.45) is 1.69. The maximum absolute atomic E-state index is 10.9. The Morgan fingerprint density at radius 3 is 2.93 bits per heavy atom. The molecule has 76 valence electrons. The van der Waals surface area contributed by atoms with Crippen LogP contribution in [-0.2, 0) is 9.53 Å². The molecule has 0 saturated heterocycles. The van der Waals surface area contributed by atoms with E-state index < -0.39 is 6.04 Å². The summed E-state index contributed by atoms with van der Waals surface area (Å²) >= 11 is 5.61. The number of halogens is 1. The van der Waals surface area contributed by atoms with Crippen LogP contribution in [0.2, 0.25) is 5.15 Å². The average molecular weight is 215 g/mol. The molecule has 0 spiro atoms. The number of hydrogen-bond acceptors (Lipinski definition) is 4. The van der Waals surface area contributed by atoms with E-state index in [2.05, 4.69) is 9.72 Å². The maximum Gasteiger partial charge on any atom is 0.307 e. The van der Waals surface area contributed by atoms with Gasteiger partial charge in [0.25, 0.3) is 0 Å². The van der Waals surface area contributed by atoms with Gasteiger partial charge in [-0.1, -0.05) is 17.7 Å². The fourth-order valence-corrected chi connectivity index (χ4v) is 1.10. The van der Waals surface area contributed by atoms with Crippen LogP contribution in [0.1, 0.15) is 18.0 Å². The predicted molar refractivity (Wildman–Crippen MR) is 52.8 cm³/mol. The lowest BCUT2D eigenvalue weighted by molar-refractivity contribution is -0.141. The first kappa shape index (κ1) is 10.9. The Morgan fingerprint density at radius 2 is 2.43 bits per heavy atom. The van der Waals surface area contributed by atoms with Gasteiger partial charge in [0.15, 0.2) is 0 Å². The van der Waals surface area contributed by atoms with Gasteiger partial charge < -0.3 is 10.5 Å². The highest BCUT2D eigenvalue weighted by Crippen LogP contribution is 2.15. The molecule has 1 aromatic heterocycles. The van der Waals surface area contributed by atoms with Crippen molar-refractivity contribution in [3.63, 3.8) is 0 Å². The van der Waals surface area contributed by atoms with Crippen molar-refractivity contribution < 1.29 is 9.53 Å². The van der Waals surface area contributed by atoms with Crippen LogP contribution >= 0.6 is 11.6 Å². The van der Waals surface area contributed by atoms with Gasteiger partial charge in [-0.3, -0.25) is 4.79 Å². The van der Waals surface area contributed by atoms with Crippen LogP contribution in [-0.4, -0.2) is 18.1 Å². The Bertz CT molecular complexity index is 313.